The van der Waals surface area contributed by atoms with Crippen LogP contribution in [0.4, 0.5) is 10.2 Å². The van der Waals surface area contributed by atoms with E-state index in [1.807, 2.05) is 12.1 Å². The van der Waals surface area contributed by atoms with Gasteiger partial charge in [-0.25, -0.2) is 9.37 Å². The van der Waals surface area contributed by atoms with Crippen molar-refractivity contribution in [2.45, 2.75) is 45.1 Å². The van der Waals surface area contributed by atoms with E-state index in [0.717, 1.165) is 87.5 Å². The average molecular weight is 384 g/mol. The minimum Gasteiger partial charge on any atom is -0.393 e. The van der Waals surface area contributed by atoms with Gasteiger partial charge in [0.1, 0.15) is 11.6 Å². The standard InChI is InChI=1S/C23H30FN3O/c1-2-26-12-14-27(15-13-26)23-16-21(17-6-8-18(24)9-7-17)20-11-10-19(28)4-3-5-22(20)25-23/h6-9,16,19,28H,2-5,10-15H2,1H3/t19-/m1/s1. The van der Waals surface area contributed by atoms with E-state index in [-0.39, 0.29) is 11.9 Å². The number of aliphatic hydroxyl groups is 1. The van der Waals surface area contributed by atoms with Crippen molar-refractivity contribution in [1.82, 2.24) is 9.88 Å². The predicted octanol–water partition coefficient (Wildman–Crippen LogP) is 3.66. The van der Waals surface area contributed by atoms with Crippen LogP contribution in [0.15, 0.2) is 30.3 Å². The molecule has 1 N–H and O–H groups in total. The number of fused-ring (bicyclic) bond motifs is 1. The Morgan fingerprint density at radius 1 is 1.07 bits per heavy atom. The fourth-order valence-electron chi connectivity index (χ4n) is 4.40. The maximum Gasteiger partial charge on any atom is 0.129 e. The first kappa shape index (κ1) is 19.3. The molecular formula is C23H30FN3O. The zero-order chi connectivity index (χ0) is 19.5. The predicted molar refractivity (Wildman–Crippen MR) is 111 cm³/mol. The highest BCUT2D eigenvalue weighted by molar-refractivity contribution is 5.72. The van der Waals surface area contributed by atoms with Crippen LogP contribution < -0.4 is 4.90 Å². The van der Waals surface area contributed by atoms with Crippen molar-refractivity contribution in [2.24, 2.45) is 0 Å². The third kappa shape index (κ3) is 4.20. The second-order valence-corrected chi connectivity index (χ2v) is 7.97. The Bertz CT molecular complexity index is 800. The lowest BCUT2D eigenvalue weighted by Crippen LogP contribution is -2.46. The maximum atomic E-state index is 13.5. The number of benzene rings is 1. The number of nitrogens with zero attached hydrogens (tertiary/aromatic N) is 3. The van der Waals surface area contributed by atoms with E-state index < -0.39 is 0 Å². The van der Waals surface area contributed by atoms with E-state index in [2.05, 4.69) is 22.8 Å². The van der Waals surface area contributed by atoms with Crippen LogP contribution in [0, 0.1) is 5.82 Å². The number of halogens is 1. The molecule has 28 heavy (non-hydrogen) atoms. The van der Waals surface area contributed by atoms with Gasteiger partial charge >= 0.3 is 0 Å². The Hall–Kier alpha value is -1.98. The van der Waals surface area contributed by atoms with Crippen LogP contribution in [0.3, 0.4) is 0 Å². The van der Waals surface area contributed by atoms with Crippen molar-refractivity contribution >= 4 is 5.82 Å². The zero-order valence-corrected chi connectivity index (χ0v) is 16.7. The van der Waals surface area contributed by atoms with Gasteiger partial charge in [-0.1, -0.05) is 19.1 Å². The highest BCUT2D eigenvalue weighted by Gasteiger charge is 2.22. The van der Waals surface area contributed by atoms with Crippen LogP contribution in [-0.2, 0) is 12.8 Å². The van der Waals surface area contributed by atoms with E-state index >= 15 is 0 Å². The van der Waals surface area contributed by atoms with Crippen LogP contribution in [0.2, 0.25) is 0 Å². The number of hydrogen-bond acceptors (Lipinski definition) is 4. The quantitative estimate of drug-likeness (QED) is 0.878. The molecule has 1 aliphatic carbocycles. The first-order chi connectivity index (χ1) is 13.6. The second kappa shape index (κ2) is 8.58. The lowest BCUT2D eigenvalue weighted by molar-refractivity contribution is 0.150. The van der Waals surface area contributed by atoms with Gasteiger partial charge in [-0.3, -0.25) is 0 Å². The molecule has 1 fully saturated rings. The largest absolute Gasteiger partial charge is 0.393 e. The van der Waals surface area contributed by atoms with Crippen molar-refractivity contribution in [3.8, 4) is 11.1 Å². The maximum absolute atomic E-state index is 13.5. The number of anilines is 1. The molecule has 0 spiro atoms. The summed E-state index contributed by atoms with van der Waals surface area (Å²) in [7, 11) is 0. The van der Waals surface area contributed by atoms with E-state index in [9.17, 15) is 9.50 Å². The molecule has 0 amide bonds. The molecule has 1 atom stereocenters. The molecule has 0 bridgehead atoms. The highest BCUT2D eigenvalue weighted by Crippen LogP contribution is 2.33. The number of aryl methyl sites for hydroxylation is 1. The Morgan fingerprint density at radius 3 is 2.54 bits per heavy atom. The fraction of sp³-hybridized carbons (Fsp3) is 0.522. The number of piperazine rings is 1. The first-order valence-electron chi connectivity index (χ1n) is 10.6. The molecule has 0 radical (unpaired) electrons. The molecule has 5 heteroatoms. The normalized spacial score (nSPS) is 21.1. The SMILES string of the molecule is CCN1CCN(c2cc(-c3ccc(F)cc3)c3c(n2)CCC[C@@H](O)CC3)CC1. The van der Waals surface area contributed by atoms with E-state index in [0.29, 0.717) is 0 Å². The van der Waals surface area contributed by atoms with Crippen LogP contribution in [-0.4, -0.2) is 53.8 Å². The van der Waals surface area contributed by atoms with Gasteiger partial charge in [-0.15, -0.1) is 0 Å². The summed E-state index contributed by atoms with van der Waals surface area (Å²) in [5.74, 6) is 0.821. The molecule has 150 valence electrons. The monoisotopic (exact) mass is 383 g/mol. The second-order valence-electron chi connectivity index (χ2n) is 7.97. The van der Waals surface area contributed by atoms with Gasteiger partial charge in [0.15, 0.2) is 0 Å². The van der Waals surface area contributed by atoms with Crippen molar-refractivity contribution in [1.29, 1.82) is 0 Å². The summed E-state index contributed by atoms with van der Waals surface area (Å²) in [6.45, 7) is 7.40. The molecule has 0 unspecified atom stereocenters. The molecule has 4 rings (SSSR count). The van der Waals surface area contributed by atoms with Crippen molar-refractivity contribution in [2.75, 3.05) is 37.6 Å². The molecule has 1 saturated heterocycles. The molecule has 2 heterocycles. The Labute approximate surface area is 167 Å². The molecule has 1 aliphatic heterocycles. The molecular weight excluding hydrogens is 353 g/mol. The van der Waals surface area contributed by atoms with Gasteiger partial charge in [0.05, 0.1) is 6.10 Å². The number of hydrogen-bond donors (Lipinski definition) is 1. The van der Waals surface area contributed by atoms with E-state index in [1.54, 1.807) is 0 Å². The topological polar surface area (TPSA) is 39.6 Å². The summed E-state index contributed by atoms with van der Waals surface area (Å²) >= 11 is 0. The molecule has 2 aliphatic rings. The summed E-state index contributed by atoms with van der Waals surface area (Å²) < 4.78 is 13.5. The van der Waals surface area contributed by atoms with E-state index in [1.165, 1.54) is 17.7 Å². The van der Waals surface area contributed by atoms with Crippen molar-refractivity contribution in [3.63, 3.8) is 0 Å². The zero-order valence-electron chi connectivity index (χ0n) is 16.7. The Morgan fingerprint density at radius 2 is 1.82 bits per heavy atom. The molecule has 4 nitrogen and oxygen atoms in total. The number of pyridine rings is 1. The summed E-state index contributed by atoms with van der Waals surface area (Å²) in [5, 5.41) is 10.2. The highest BCUT2D eigenvalue weighted by atomic mass is 19.1. The van der Waals surface area contributed by atoms with Crippen molar-refractivity contribution in [3.05, 3.63) is 47.4 Å². The van der Waals surface area contributed by atoms with Crippen molar-refractivity contribution < 1.29 is 9.50 Å². The Balaban J connectivity index is 1.73. The number of aromatic nitrogens is 1. The van der Waals surface area contributed by atoms with Gasteiger partial charge in [-0.05, 0) is 73.5 Å². The smallest absolute Gasteiger partial charge is 0.129 e. The molecule has 2 aromatic rings. The van der Waals surface area contributed by atoms with Crippen LogP contribution in [0.5, 0.6) is 0 Å². The lowest BCUT2D eigenvalue weighted by Gasteiger charge is -2.35. The van der Waals surface area contributed by atoms with Gasteiger partial charge in [0, 0.05) is 31.9 Å². The minimum atomic E-state index is -0.240. The summed E-state index contributed by atoms with van der Waals surface area (Å²) in [6, 6.07) is 8.96. The number of likely N-dealkylation sites (N-methyl/N-ethyl adjacent to an activating group) is 1. The molecule has 0 saturated carbocycles. The fourth-order valence-corrected chi connectivity index (χ4v) is 4.40. The van der Waals surface area contributed by atoms with Crippen LogP contribution in [0.25, 0.3) is 11.1 Å². The minimum absolute atomic E-state index is 0.216. The van der Waals surface area contributed by atoms with Crippen LogP contribution >= 0.6 is 0 Å². The molecule has 1 aromatic carbocycles. The van der Waals surface area contributed by atoms with Gasteiger partial charge in [0.2, 0.25) is 0 Å². The van der Waals surface area contributed by atoms with E-state index in [4.69, 9.17) is 4.98 Å². The average Bonchev–Trinajstić information content (AvgIpc) is 2.71. The Kier molecular flexibility index (Phi) is 5.93. The summed E-state index contributed by atoms with van der Waals surface area (Å²) in [5.41, 5.74) is 4.55. The number of aliphatic hydroxyl groups excluding tert-OH is 1. The van der Waals surface area contributed by atoms with Gasteiger partial charge < -0.3 is 14.9 Å². The third-order valence-electron chi connectivity index (χ3n) is 6.17. The molecule has 1 aromatic heterocycles. The number of rotatable bonds is 3. The summed E-state index contributed by atoms with van der Waals surface area (Å²) in [4.78, 5) is 9.92. The van der Waals surface area contributed by atoms with Crippen LogP contribution in [0.1, 0.15) is 37.4 Å². The van der Waals surface area contributed by atoms with Gasteiger partial charge in [-0.2, -0.15) is 0 Å². The third-order valence-corrected chi connectivity index (χ3v) is 6.17. The first-order valence-corrected chi connectivity index (χ1v) is 10.6. The van der Waals surface area contributed by atoms with Gasteiger partial charge in [0.25, 0.3) is 0 Å². The summed E-state index contributed by atoms with van der Waals surface area (Å²) in [6.07, 6.45) is 4.03. The lowest BCUT2D eigenvalue weighted by atomic mass is 9.89.